The van der Waals surface area contributed by atoms with Gasteiger partial charge in [0.15, 0.2) is 0 Å². The van der Waals surface area contributed by atoms with Crippen molar-refractivity contribution >= 4 is 5.97 Å². The predicted octanol–water partition coefficient (Wildman–Crippen LogP) is 2.37. The normalized spacial score (nSPS) is 39.9. The molecule has 1 atom stereocenters. The van der Waals surface area contributed by atoms with Crippen LogP contribution < -0.4 is 0 Å². The molecule has 1 unspecified atom stereocenters. The van der Waals surface area contributed by atoms with Crippen LogP contribution in [-0.2, 0) is 4.79 Å². The molecule has 1 aromatic heterocycles. The Labute approximate surface area is 118 Å². The highest BCUT2D eigenvalue weighted by molar-refractivity contribution is 5.71. The van der Waals surface area contributed by atoms with Crippen LogP contribution in [0.3, 0.4) is 0 Å². The molecule has 4 bridgehead atoms. The van der Waals surface area contributed by atoms with Crippen molar-refractivity contribution in [3.05, 3.63) is 12.7 Å². The average Bonchev–Trinajstić information content (AvgIpc) is 2.90. The minimum atomic E-state index is -0.751. The second-order valence-corrected chi connectivity index (χ2v) is 7.09. The third-order valence-electron chi connectivity index (χ3n) is 6.00. The highest BCUT2D eigenvalue weighted by Crippen LogP contribution is 2.58. The molecule has 0 aromatic carbocycles. The number of aliphatic carboxylic acids is 1. The van der Waals surface area contributed by atoms with Crippen LogP contribution in [0.25, 0.3) is 0 Å². The van der Waals surface area contributed by atoms with Gasteiger partial charge in [-0.2, -0.15) is 0 Å². The van der Waals surface area contributed by atoms with E-state index < -0.39 is 12.0 Å². The van der Waals surface area contributed by atoms with E-state index in [4.69, 9.17) is 0 Å². The third kappa shape index (κ3) is 1.95. The summed E-state index contributed by atoms with van der Waals surface area (Å²) in [4.78, 5) is 11.6. The molecule has 4 aliphatic carbocycles. The second kappa shape index (κ2) is 4.57. The lowest BCUT2D eigenvalue weighted by Crippen LogP contribution is -2.46. The first-order valence-corrected chi connectivity index (χ1v) is 7.77. The minimum Gasteiger partial charge on any atom is -0.480 e. The number of rotatable bonds is 4. The molecule has 5 heteroatoms. The first kappa shape index (κ1) is 12.4. The summed E-state index contributed by atoms with van der Waals surface area (Å²) < 4.78 is 1.66. The van der Waals surface area contributed by atoms with Crippen molar-refractivity contribution in [2.75, 3.05) is 0 Å². The first-order valence-electron chi connectivity index (χ1n) is 7.77. The summed E-state index contributed by atoms with van der Waals surface area (Å²) in [7, 11) is 0. The number of aromatic nitrogens is 3. The van der Waals surface area contributed by atoms with Gasteiger partial charge in [0.2, 0.25) is 0 Å². The van der Waals surface area contributed by atoms with Crippen molar-refractivity contribution in [1.82, 2.24) is 14.8 Å². The molecule has 4 saturated carbocycles. The first-order chi connectivity index (χ1) is 9.70. The molecule has 108 valence electrons. The predicted molar refractivity (Wildman–Crippen MR) is 71.8 cm³/mol. The lowest BCUT2D eigenvalue weighted by Gasteiger charge is -2.55. The quantitative estimate of drug-likeness (QED) is 0.916. The molecular weight excluding hydrogens is 254 g/mol. The second-order valence-electron chi connectivity index (χ2n) is 7.09. The lowest BCUT2D eigenvalue weighted by molar-refractivity contribution is -0.143. The van der Waals surface area contributed by atoms with Gasteiger partial charge in [-0.15, -0.1) is 10.2 Å². The summed E-state index contributed by atoms with van der Waals surface area (Å²) in [6.07, 6.45) is 10.6. The number of carboxylic acids is 1. The van der Waals surface area contributed by atoms with Gasteiger partial charge in [-0.05, 0) is 68.1 Å². The van der Waals surface area contributed by atoms with Crippen LogP contribution in [0.2, 0.25) is 0 Å². The Hall–Kier alpha value is -1.39. The molecule has 5 rings (SSSR count). The van der Waals surface area contributed by atoms with E-state index in [0.29, 0.717) is 5.92 Å². The van der Waals surface area contributed by atoms with Gasteiger partial charge < -0.3 is 9.67 Å². The SMILES string of the molecule is O=C(O)C(CC1C2CC3CC(C2)CC1C3)n1cnnc1. The minimum absolute atomic E-state index is 0.493. The van der Waals surface area contributed by atoms with E-state index >= 15 is 0 Å². The van der Waals surface area contributed by atoms with Gasteiger partial charge in [0.1, 0.15) is 18.7 Å². The molecule has 1 aromatic rings. The standard InChI is InChI=1S/C15H21N3O2/c19-15(20)14(18-7-16-17-8-18)6-13-11-2-9-1-10(4-11)5-12(13)3-9/h7-14H,1-6H2,(H,19,20). The maximum atomic E-state index is 11.6. The molecule has 4 fully saturated rings. The largest absolute Gasteiger partial charge is 0.480 e. The third-order valence-corrected chi connectivity index (χ3v) is 6.00. The van der Waals surface area contributed by atoms with Crippen molar-refractivity contribution in [3.63, 3.8) is 0 Å². The molecule has 1 heterocycles. The van der Waals surface area contributed by atoms with E-state index in [0.717, 1.165) is 30.1 Å². The zero-order valence-electron chi connectivity index (χ0n) is 11.6. The number of hydrogen-bond donors (Lipinski definition) is 1. The molecule has 0 radical (unpaired) electrons. The Balaban J connectivity index is 1.54. The van der Waals surface area contributed by atoms with Gasteiger partial charge in [-0.1, -0.05) is 0 Å². The van der Waals surface area contributed by atoms with Gasteiger partial charge in [0.05, 0.1) is 0 Å². The van der Waals surface area contributed by atoms with Gasteiger partial charge in [0, 0.05) is 0 Å². The Kier molecular flexibility index (Phi) is 2.82. The topological polar surface area (TPSA) is 68.0 Å². The molecule has 0 saturated heterocycles. The Morgan fingerprint density at radius 3 is 2.15 bits per heavy atom. The molecule has 4 aliphatic rings. The molecular formula is C15H21N3O2. The van der Waals surface area contributed by atoms with E-state index in [-0.39, 0.29) is 0 Å². The fourth-order valence-electron chi connectivity index (χ4n) is 5.40. The van der Waals surface area contributed by atoms with Crippen LogP contribution in [0.4, 0.5) is 0 Å². The summed E-state index contributed by atoms with van der Waals surface area (Å²) in [6, 6.07) is -0.493. The molecule has 20 heavy (non-hydrogen) atoms. The van der Waals surface area contributed by atoms with Gasteiger partial charge in [-0.3, -0.25) is 0 Å². The molecule has 5 nitrogen and oxygen atoms in total. The van der Waals surface area contributed by atoms with Crippen LogP contribution in [0.5, 0.6) is 0 Å². The Bertz CT molecular complexity index is 471. The van der Waals surface area contributed by atoms with Gasteiger partial charge in [0.25, 0.3) is 0 Å². The number of carboxylic acid groups (broad SMARTS) is 1. The Morgan fingerprint density at radius 1 is 1.10 bits per heavy atom. The zero-order valence-corrected chi connectivity index (χ0v) is 11.6. The zero-order chi connectivity index (χ0) is 13.7. The molecule has 0 spiro atoms. The van der Waals surface area contributed by atoms with Crippen molar-refractivity contribution in [2.24, 2.45) is 29.6 Å². The van der Waals surface area contributed by atoms with E-state index in [1.807, 2.05) is 0 Å². The van der Waals surface area contributed by atoms with E-state index in [2.05, 4.69) is 10.2 Å². The number of carbonyl (C=O) groups is 1. The van der Waals surface area contributed by atoms with E-state index in [9.17, 15) is 9.90 Å². The molecule has 0 amide bonds. The number of nitrogens with zero attached hydrogens (tertiary/aromatic N) is 3. The summed E-state index contributed by atoms with van der Waals surface area (Å²) in [5.41, 5.74) is 0. The number of hydrogen-bond acceptors (Lipinski definition) is 3. The van der Waals surface area contributed by atoms with Crippen LogP contribution in [-0.4, -0.2) is 25.8 Å². The summed E-state index contributed by atoms with van der Waals surface area (Å²) in [5, 5.41) is 17.0. The summed E-state index contributed by atoms with van der Waals surface area (Å²) in [5.74, 6) is 3.25. The molecule has 0 aliphatic heterocycles. The van der Waals surface area contributed by atoms with Crippen molar-refractivity contribution in [3.8, 4) is 0 Å². The fraction of sp³-hybridized carbons (Fsp3) is 0.800. The van der Waals surface area contributed by atoms with Crippen LogP contribution >= 0.6 is 0 Å². The summed E-state index contributed by atoms with van der Waals surface area (Å²) >= 11 is 0. The van der Waals surface area contributed by atoms with Crippen molar-refractivity contribution in [2.45, 2.75) is 44.6 Å². The van der Waals surface area contributed by atoms with Crippen molar-refractivity contribution < 1.29 is 9.90 Å². The smallest absolute Gasteiger partial charge is 0.326 e. The highest BCUT2D eigenvalue weighted by Gasteiger charge is 2.49. The van der Waals surface area contributed by atoms with Gasteiger partial charge >= 0.3 is 5.97 Å². The maximum absolute atomic E-state index is 11.6. The summed E-state index contributed by atoms with van der Waals surface area (Å²) in [6.45, 7) is 0. The van der Waals surface area contributed by atoms with Crippen LogP contribution in [0.1, 0.15) is 44.6 Å². The fourth-order valence-corrected chi connectivity index (χ4v) is 5.40. The van der Waals surface area contributed by atoms with Gasteiger partial charge in [-0.25, -0.2) is 4.79 Å². The van der Waals surface area contributed by atoms with E-state index in [1.165, 1.54) is 44.8 Å². The van der Waals surface area contributed by atoms with Crippen LogP contribution in [0.15, 0.2) is 12.7 Å². The lowest BCUT2D eigenvalue weighted by atomic mass is 9.51. The van der Waals surface area contributed by atoms with Crippen molar-refractivity contribution in [1.29, 1.82) is 0 Å². The highest BCUT2D eigenvalue weighted by atomic mass is 16.4. The van der Waals surface area contributed by atoms with E-state index in [1.54, 1.807) is 4.57 Å². The average molecular weight is 275 g/mol. The molecule has 1 N–H and O–H groups in total. The maximum Gasteiger partial charge on any atom is 0.326 e. The Morgan fingerprint density at radius 2 is 1.65 bits per heavy atom. The monoisotopic (exact) mass is 275 g/mol. The van der Waals surface area contributed by atoms with Crippen LogP contribution in [0, 0.1) is 29.6 Å².